The number of amides is 1. The Kier molecular flexibility index (Phi) is 6.11. The van der Waals surface area contributed by atoms with Gasteiger partial charge in [0.25, 0.3) is 0 Å². The fourth-order valence-corrected chi connectivity index (χ4v) is 5.61. The minimum Gasteiger partial charge on any atom is -0.444 e. The molecule has 140 valence electrons. The summed E-state index contributed by atoms with van der Waals surface area (Å²) in [5, 5.41) is 5.88. The number of ether oxygens (including phenoxy) is 1. The van der Waals surface area contributed by atoms with Gasteiger partial charge in [-0.3, -0.25) is 0 Å². The van der Waals surface area contributed by atoms with Crippen LogP contribution in [0.2, 0.25) is 0 Å². The zero-order chi connectivity index (χ0) is 18.0. The molecule has 1 saturated heterocycles. The molecule has 1 aromatic rings. The second kappa shape index (κ2) is 7.97. The first-order chi connectivity index (χ1) is 11.8. The Morgan fingerprint density at radius 3 is 2.84 bits per heavy atom. The Morgan fingerprint density at radius 2 is 2.16 bits per heavy atom. The maximum absolute atomic E-state index is 12.6. The van der Waals surface area contributed by atoms with Crippen LogP contribution in [0.5, 0.6) is 0 Å². The SMILES string of the molecule is CC(C)(C)OC(=O)N1CCCC1C1CCCC1NCc1sccc1Br. The summed E-state index contributed by atoms with van der Waals surface area (Å²) in [7, 11) is 0. The summed E-state index contributed by atoms with van der Waals surface area (Å²) in [5.74, 6) is 0.536. The molecular weight excluding hydrogens is 400 g/mol. The molecule has 1 saturated carbocycles. The van der Waals surface area contributed by atoms with Crippen molar-refractivity contribution in [1.82, 2.24) is 10.2 Å². The van der Waals surface area contributed by atoms with Crippen LogP contribution >= 0.6 is 27.3 Å². The molecule has 0 spiro atoms. The Labute approximate surface area is 163 Å². The van der Waals surface area contributed by atoms with E-state index in [1.165, 1.54) is 28.6 Å². The van der Waals surface area contributed by atoms with Gasteiger partial charge in [-0.15, -0.1) is 11.3 Å². The molecule has 6 heteroatoms. The number of hydrogen-bond acceptors (Lipinski definition) is 4. The fraction of sp³-hybridized carbons (Fsp3) is 0.737. The molecule has 3 unspecified atom stereocenters. The lowest BCUT2D eigenvalue weighted by molar-refractivity contribution is 0.0166. The van der Waals surface area contributed by atoms with Gasteiger partial charge in [0.05, 0.1) is 0 Å². The van der Waals surface area contributed by atoms with E-state index in [0.717, 1.165) is 25.9 Å². The normalized spacial score (nSPS) is 27.0. The number of nitrogens with one attached hydrogen (secondary N) is 1. The number of likely N-dealkylation sites (tertiary alicyclic amines) is 1. The summed E-state index contributed by atoms with van der Waals surface area (Å²) in [4.78, 5) is 15.9. The molecule has 3 rings (SSSR count). The van der Waals surface area contributed by atoms with E-state index in [-0.39, 0.29) is 6.09 Å². The third-order valence-electron chi connectivity index (χ3n) is 5.21. The van der Waals surface area contributed by atoms with Crippen LogP contribution in [0.3, 0.4) is 0 Å². The molecule has 1 amide bonds. The van der Waals surface area contributed by atoms with E-state index in [4.69, 9.17) is 4.74 Å². The molecule has 2 fully saturated rings. The maximum atomic E-state index is 12.6. The second-order valence-electron chi connectivity index (χ2n) is 8.16. The van der Waals surface area contributed by atoms with E-state index in [0.29, 0.717) is 18.0 Å². The van der Waals surface area contributed by atoms with E-state index in [9.17, 15) is 4.79 Å². The van der Waals surface area contributed by atoms with Crippen LogP contribution in [0, 0.1) is 5.92 Å². The predicted molar refractivity (Wildman–Crippen MR) is 106 cm³/mol. The number of thiophene rings is 1. The van der Waals surface area contributed by atoms with E-state index in [2.05, 4.69) is 32.7 Å². The van der Waals surface area contributed by atoms with Crippen LogP contribution in [0.1, 0.15) is 57.8 Å². The van der Waals surface area contributed by atoms with Crippen molar-refractivity contribution in [3.05, 3.63) is 20.8 Å². The lowest BCUT2D eigenvalue weighted by Gasteiger charge is -2.34. The quantitative estimate of drug-likeness (QED) is 0.718. The van der Waals surface area contributed by atoms with Gasteiger partial charge in [-0.25, -0.2) is 4.79 Å². The minimum atomic E-state index is -0.428. The second-order valence-corrected chi connectivity index (χ2v) is 10.0. The van der Waals surface area contributed by atoms with Crippen molar-refractivity contribution >= 4 is 33.4 Å². The molecular formula is C19H29BrN2O2S. The number of carbonyl (C=O) groups is 1. The van der Waals surface area contributed by atoms with Crippen LogP contribution in [0.4, 0.5) is 4.79 Å². The van der Waals surface area contributed by atoms with E-state index >= 15 is 0 Å². The molecule has 1 aliphatic heterocycles. The standard InChI is InChI=1S/C19H29BrN2O2S/c1-19(2,3)24-18(23)22-10-5-8-16(22)13-6-4-7-15(13)21-12-17-14(20)9-11-25-17/h9,11,13,15-16,21H,4-8,10,12H2,1-3H3. The van der Waals surface area contributed by atoms with Gasteiger partial charge in [-0.1, -0.05) is 6.42 Å². The monoisotopic (exact) mass is 428 g/mol. The summed E-state index contributed by atoms with van der Waals surface area (Å²) < 4.78 is 6.83. The Morgan fingerprint density at radius 1 is 1.36 bits per heavy atom. The summed E-state index contributed by atoms with van der Waals surface area (Å²) >= 11 is 5.40. The van der Waals surface area contributed by atoms with Crippen LogP contribution in [0.15, 0.2) is 15.9 Å². The highest BCUT2D eigenvalue weighted by Gasteiger charge is 2.41. The highest BCUT2D eigenvalue weighted by molar-refractivity contribution is 9.10. The highest BCUT2D eigenvalue weighted by atomic mass is 79.9. The van der Waals surface area contributed by atoms with E-state index < -0.39 is 5.60 Å². The molecule has 2 aliphatic rings. The molecule has 4 nitrogen and oxygen atoms in total. The van der Waals surface area contributed by atoms with Gasteiger partial charge in [-0.05, 0) is 79.7 Å². The molecule has 1 N–H and O–H groups in total. The predicted octanol–water partition coefficient (Wildman–Crippen LogP) is 5.17. The van der Waals surface area contributed by atoms with Gasteiger partial charge in [-0.2, -0.15) is 0 Å². The van der Waals surface area contributed by atoms with Crippen molar-refractivity contribution in [3.8, 4) is 0 Å². The summed E-state index contributed by atoms with van der Waals surface area (Å²) in [5.41, 5.74) is -0.428. The van der Waals surface area contributed by atoms with Crippen molar-refractivity contribution in [3.63, 3.8) is 0 Å². The van der Waals surface area contributed by atoms with Crippen LogP contribution < -0.4 is 5.32 Å². The number of halogens is 1. The van der Waals surface area contributed by atoms with Gasteiger partial charge < -0.3 is 15.0 Å². The topological polar surface area (TPSA) is 41.6 Å². The lowest BCUT2D eigenvalue weighted by Crippen LogP contribution is -2.47. The van der Waals surface area contributed by atoms with Gasteiger partial charge in [0, 0.05) is 34.5 Å². The Hall–Kier alpha value is -0.590. The van der Waals surface area contributed by atoms with E-state index in [1.807, 2.05) is 25.7 Å². The number of carbonyl (C=O) groups excluding carboxylic acids is 1. The van der Waals surface area contributed by atoms with Crippen LogP contribution in [-0.4, -0.2) is 35.2 Å². The maximum Gasteiger partial charge on any atom is 0.410 e. The third-order valence-corrected chi connectivity index (χ3v) is 7.13. The zero-order valence-corrected chi connectivity index (χ0v) is 17.8. The molecule has 0 bridgehead atoms. The highest BCUT2D eigenvalue weighted by Crippen LogP contribution is 2.37. The first-order valence-corrected chi connectivity index (χ1v) is 11.0. The molecule has 1 aliphatic carbocycles. The molecule has 3 atom stereocenters. The third kappa shape index (κ3) is 4.77. The molecule has 0 radical (unpaired) electrons. The molecule has 1 aromatic heterocycles. The number of hydrogen-bond donors (Lipinski definition) is 1. The van der Waals surface area contributed by atoms with Gasteiger partial charge in [0.1, 0.15) is 5.60 Å². The minimum absolute atomic E-state index is 0.137. The van der Waals surface area contributed by atoms with Crippen molar-refractivity contribution in [2.24, 2.45) is 5.92 Å². The Bertz CT molecular complexity index is 598. The van der Waals surface area contributed by atoms with Gasteiger partial charge in [0.2, 0.25) is 0 Å². The number of nitrogens with zero attached hydrogens (tertiary/aromatic N) is 1. The van der Waals surface area contributed by atoms with E-state index in [1.54, 1.807) is 11.3 Å². The zero-order valence-electron chi connectivity index (χ0n) is 15.4. The van der Waals surface area contributed by atoms with Crippen molar-refractivity contribution in [2.45, 2.75) is 77.1 Å². The van der Waals surface area contributed by atoms with Crippen molar-refractivity contribution in [1.29, 1.82) is 0 Å². The molecule has 2 heterocycles. The first-order valence-electron chi connectivity index (χ1n) is 9.30. The summed E-state index contributed by atoms with van der Waals surface area (Å²) in [6.07, 6.45) is 5.70. The lowest BCUT2D eigenvalue weighted by atomic mass is 9.92. The Balaban J connectivity index is 1.62. The summed E-state index contributed by atoms with van der Waals surface area (Å²) in [6, 6.07) is 2.92. The number of rotatable bonds is 4. The molecule has 0 aromatic carbocycles. The average Bonchev–Trinajstić information content (AvgIpc) is 3.23. The van der Waals surface area contributed by atoms with Gasteiger partial charge in [0.15, 0.2) is 0 Å². The summed E-state index contributed by atoms with van der Waals surface area (Å²) in [6.45, 7) is 7.55. The fourth-order valence-electron chi connectivity index (χ4n) is 4.16. The van der Waals surface area contributed by atoms with Crippen molar-refractivity contribution < 1.29 is 9.53 Å². The van der Waals surface area contributed by atoms with Crippen LogP contribution in [-0.2, 0) is 11.3 Å². The first kappa shape index (κ1) is 19.2. The van der Waals surface area contributed by atoms with Crippen molar-refractivity contribution in [2.75, 3.05) is 6.54 Å². The van der Waals surface area contributed by atoms with Crippen LogP contribution in [0.25, 0.3) is 0 Å². The smallest absolute Gasteiger partial charge is 0.410 e. The average molecular weight is 429 g/mol. The van der Waals surface area contributed by atoms with Gasteiger partial charge >= 0.3 is 6.09 Å². The molecule has 25 heavy (non-hydrogen) atoms. The largest absolute Gasteiger partial charge is 0.444 e.